The Morgan fingerprint density at radius 2 is 1.10 bits per heavy atom. The molecule has 2 fully saturated rings. The molecule has 2 aliphatic rings. The number of nitrogens with zero attached hydrogens (tertiary/aromatic N) is 5. The SMILES string of the molecule is Cc1ccccc1-c1ccc(CN2CCN(C(=O)OC(C)(C)C)CC2)c(C)n1.Cc1ccccc1-c1ccc(CN2CCNCC2)c(C)n1. The van der Waals surface area contributed by atoms with Crippen LogP contribution in [-0.4, -0.2) is 88.7 Å². The van der Waals surface area contributed by atoms with Crippen molar-refractivity contribution in [1.29, 1.82) is 0 Å². The standard InChI is InChI=1S/C23H31N3O2.C18H23N3/c1-17-8-6-7-9-20(17)21-11-10-19(18(2)24-21)16-25-12-14-26(15-13-25)22(27)28-23(3,4)5;1-14-5-3-4-6-17(14)18-8-7-16(15(2)20-18)13-21-11-9-19-10-12-21/h6-11H,12-16H2,1-5H3;3-8,19H,9-13H2,1-2H3. The fourth-order valence-corrected chi connectivity index (χ4v) is 6.30. The molecule has 2 aromatic heterocycles. The van der Waals surface area contributed by atoms with E-state index in [4.69, 9.17) is 14.7 Å². The maximum atomic E-state index is 12.2. The summed E-state index contributed by atoms with van der Waals surface area (Å²) in [6, 6.07) is 25.5. The van der Waals surface area contributed by atoms with Crippen molar-refractivity contribution in [2.24, 2.45) is 0 Å². The zero-order chi connectivity index (χ0) is 35.0. The summed E-state index contributed by atoms with van der Waals surface area (Å²) >= 11 is 0. The van der Waals surface area contributed by atoms with E-state index in [1.165, 1.54) is 33.4 Å². The normalized spacial score (nSPS) is 15.8. The Morgan fingerprint density at radius 3 is 1.53 bits per heavy atom. The van der Waals surface area contributed by atoms with Crippen LogP contribution in [-0.2, 0) is 17.8 Å². The number of carbonyl (C=O) groups excluding carboxylic acids is 1. The minimum absolute atomic E-state index is 0.215. The number of aromatic nitrogens is 2. The molecule has 8 nitrogen and oxygen atoms in total. The Morgan fingerprint density at radius 1 is 0.653 bits per heavy atom. The maximum absolute atomic E-state index is 12.2. The molecule has 1 amide bonds. The maximum Gasteiger partial charge on any atom is 0.410 e. The lowest BCUT2D eigenvalue weighted by atomic mass is 10.0. The summed E-state index contributed by atoms with van der Waals surface area (Å²) in [6.07, 6.45) is -0.215. The minimum atomic E-state index is -0.449. The van der Waals surface area contributed by atoms with Gasteiger partial charge in [-0.25, -0.2) is 4.79 Å². The molecule has 260 valence electrons. The lowest BCUT2D eigenvalue weighted by molar-refractivity contribution is 0.0138. The number of ether oxygens (including phenoxy) is 1. The number of nitrogens with one attached hydrogen (secondary N) is 1. The van der Waals surface area contributed by atoms with Crippen molar-refractivity contribution in [2.75, 3.05) is 52.4 Å². The van der Waals surface area contributed by atoms with Gasteiger partial charge in [0, 0.05) is 88.0 Å². The number of hydrogen-bond donors (Lipinski definition) is 1. The van der Waals surface area contributed by atoms with Crippen LogP contribution in [0.15, 0.2) is 72.8 Å². The van der Waals surface area contributed by atoms with E-state index in [1.807, 2.05) is 20.8 Å². The van der Waals surface area contributed by atoms with E-state index in [-0.39, 0.29) is 6.09 Å². The molecule has 0 radical (unpaired) electrons. The largest absolute Gasteiger partial charge is 0.444 e. The number of carbonyl (C=O) groups is 1. The quantitative estimate of drug-likeness (QED) is 0.234. The van der Waals surface area contributed by atoms with Gasteiger partial charge in [-0.05, 0) is 82.9 Å². The van der Waals surface area contributed by atoms with E-state index in [1.54, 1.807) is 4.90 Å². The van der Waals surface area contributed by atoms with Crippen molar-refractivity contribution in [3.8, 4) is 22.5 Å². The van der Waals surface area contributed by atoms with Crippen LogP contribution in [0.25, 0.3) is 22.5 Å². The van der Waals surface area contributed by atoms with E-state index in [0.717, 1.165) is 75.1 Å². The average molecular weight is 663 g/mol. The summed E-state index contributed by atoms with van der Waals surface area (Å²) in [5.74, 6) is 0. The van der Waals surface area contributed by atoms with E-state index in [9.17, 15) is 4.79 Å². The molecule has 0 saturated carbocycles. The third-order valence-corrected chi connectivity index (χ3v) is 9.25. The van der Waals surface area contributed by atoms with Crippen LogP contribution in [0.1, 0.15) is 54.4 Å². The number of benzene rings is 2. The Bertz CT molecular complexity index is 1700. The molecule has 2 aliphatic heterocycles. The Balaban J connectivity index is 0.000000199. The van der Waals surface area contributed by atoms with E-state index in [2.05, 4.69) is 116 Å². The number of amides is 1. The van der Waals surface area contributed by atoms with Crippen molar-refractivity contribution < 1.29 is 9.53 Å². The van der Waals surface area contributed by atoms with Gasteiger partial charge in [0.25, 0.3) is 0 Å². The van der Waals surface area contributed by atoms with Crippen LogP contribution in [0.4, 0.5) is 4.79 Å². The van der Waals surface area contributed by atoms with Crippen molar-refractivity contribution in [2.45, 2.75) is 67.2 Å². The highest BCUT2D eigenvalue weighted by Crippen LogP contribution is 2.25. The highest BCUT2D eigenvalue weighted by atomic mass is 16.6. The average Bonchev–Trinajstić information content (AvgIpc) is 3.07. The van der Waals surface area contributed by atoms with Gasteiger partial charge in [0.1, 0.15) is 5.60 Å². The fraction of sp³-hybridized carbons (Fsp3) is 0.439. The van der Waals surface area contributed by atoms with Gasteiger partial charge < -0.3 is 15.0 Å². The summed E-state index contributed by atoms with van der Waals surface area (Å²) in [5, 5.41) is 3.39. The first-order valence-electron chi connectivity index (χ1n) is 17.7. The molecule has 8 heteroatoms. The second kappa shape index (κ2) is 16.5. The Labute approximate surface area is 293 Å². The second-order valence-electron chi connectivity index (χ2n) is 14.3. The molecule has 6 rings (SSSR count). The van der Waals surface area contributed by atoms with Gasteiger partial charge in [-0.3, -0.25) is 19.8 Å². The van der Waals surface area contributed by atoms with E-state index >= 15 is 0 Å². The molecule has 0 atom stereocenters. The van der Waals surface area contributed by atoms with Gasteiger partial charge in [-0.2, -0.15) is 0 Å². The molecule has 1 N–H and O–H groups in total. The van der Waals surface area contributed by atoms with Crippen LogP contribution in [0.2, 0.25) is 0 Å². The monoisotopic (exact) mass is 662 g/mol. The van der Waals surface area contributed by atoms with Crippen LogP contribution < -0.4 is 5.32 Å². The highest BCUT2D eigenvalue weighted by Gasteiger charge is 2.26. The summed E-state index contributed by atoms with van der Waals surface area (Å²) < 4.78 is 5.47. The minimum Gasteiger partial charge on any atom is -0.444 e. The summed E-state index contributed by atoms with van der Waals surface area (Å²) in [4.78, 5) is 28.5. The first-order valence-corrected chi connectivity index (χ1v) is 17.7. The van der Waals surface area contributed by atoms with E-state index in [0.29, 0.717) is 13.1 Å². The topological polar surface area (TPSA) is 73.8 Å². The zero-order valence-electron chi connectivity index (χ0n) is 30.6. The van der Waals surface area contributed by atoms with Gasteiger partial charge in [-0.1, -0.05) is 60.7 Å². The van der Waals surface area contributed by atoms with Crippen LogP contribution >= 0.6 is 0 Å². The first kappa shape index (κ1) is 36.2. The van der Waals surface area contributed by atoms with Crippen LogP contribution in [0, 0.1) is 27.7 Å². The number of rotatable bonds is 6. The Kier molecular flexibility index (Phi) is 12.2. The second-order valence-corrected chi connectivity index (χ2v) is 14.3. The number of pyridine rings is 2. The molecule has 0 aliphatic carbocycles. The lowest BCUT2D eigenvalue weighted by Gasteiger charge is -2.35. The number of aryl methyl sites for hydroxylation is 4. The van der Waals surface area contributed by atoms with Crippen molar-refractivity contribution in [3.63, 3.8) is 0 Å². The van der Waals surface area contributed by atoms with Gasteiger partial charge in [0.05, 0.1) is 11.4 Å². The van der Waals surface area contributed by atoms with E-state index < -0.39 is 5.60 Å². The molecule has 0 spiro atoms. The molecule has 0 bridgehead atoms. The highest BCUT2D eigenvalue weighted by molar-refractivity contribution is 5.68. The molecular weight excluding hydrogens is 608 g/mol. The third-order valence-electron chi connectivity index (χ3n) is 9.25. The molecule has 2 aromatic carbocycles. The van der Waals surface area contributed by atoms with Crippen LogP contribution in [0.3, 0.4) is 0 Å². The van der Waals surface area contributed by atoms with Gasteiger partial charge in [-0.15, -0.1) is 0 Å². The Hall–Kier alpha value is -4.11. The van der Waals surface area contributed by atoms with Crippen molar-refractivity contribution >= 4 is 6.09 Å². The van der Waals surface area contributed by atoms with Crippen molar-refractivity contribution in [3.05, 3.63) is 106 Å². The molecule has 4 aromatic rings. The van der Waals surface area contributed by atoms with Crippen LogP contribution in [0.5, 0.6) is 0 Å². The summed E-state index contributed by atoms with van der Waals surface area (Å²) in [5.41, 5.74) is 11.4. The number of hydrogen-bond acceptors (Lipinski definition) is 7. The number of piperazine rings is 2. The summed E-state index contributed by atoms with van der Waals surface area (Å²) in [7, 11) is 0. The van der Waals surface area contributed by atoms with Gasteiger partial charge in [0.15, 0.2) is 0 Å². The molecular formula is C41H54N6O2. The molecule has 49 heavy (non-hydrogen) atoms. The molecule has 0 unspecified atom stereocenters. The lowest BCUT2D eigenvalue weighted by Crippen LogP contribution is -2.49. The molecule has 2 saturated heterocycles. The predicted octanol–water partition coefficient (Wildman–Crippen LogP) is 7.19. The first-order chi connectivity index (χ1) is 23.5. The summed E-state index contributed by atoms with van der Waals surface area (Å²) in [6.45, 7) is 23.5. The van der Waals surface area contributed by atoms with Gasteiger partial charge >= 0.3 is 6.09 Å². The molecule has 4 heterocycles. The van der Waals surface area contributed by atoms with Gasteiger partial charge in [0.2, 0.25) is 0 Å². The fourth-order valence-electron chi connectivity index (χ4n) is 6.30. The smallest absolute Gasteiger partial charge is 0.410 e. The third kappa shape index (κ3) is 10.2. The zero-order valence-corrected chi connectivity index (χ0v) is 30.6. The van der Waals surface area contributed by atoms with Crippen molar-refractivity contribution in [1.82, 2.24) is 30.0 Å². The predicted molar refractivity (Wildman–Crippen MR) is 200 cm³/mol.